The molecule has 1 aromatic heterocycles. The summed E-state index contributed by atoms with van der Waals surface area (Å²) in [6.45, 7) is 1.94. The summed E-state index contributed by atoms with van der Waals surface area (Å²) in [7, 11) is 0. The van der Waals surface area contributed by atoms with Crippen LogP contribution in [0.2, 0.25) is 10.2 Å². The van der Waals surface area contributed by atoms with E-state index in [1.165, 1.54) is 0 Å². The summed E-state index contributed by atoms with van der Waals surface area (Å²) in [6.07, 6.45) is -0.0948. The fourth-order valence-corrected chi connectivity index (χ4v) is 3.23. The molecule has 3 rings (SSSR count). The van der Waals surface area contributed by atoms with E-state index >= 15 is 0 Å². The number of aromatic nitrogens is 1. The van der Waals surface area contributed by atoms with Crippen LogP contribution in [0.3, 0.4) is 0 Å². The van der Waals surface area contributed by atoms with Crippen LogP contribution in [0.5, 0.6) is 0 Å². The topological polar surface area (TPSA) is 94.3 Å². The van der Waals surface area contributed by atoms with E-state index in [4.69, 9.17) is 33.7 Å². The number of primary amides is 1. The van der Waals surface area contributed by atoms with Crippen LogP contribution >= 0.6 is 23.2 Å². The van der Waals surface area contributed by atoms with Gasteiger partial charge in [0, 0.05) is 16.0 Å². The van der Waals surface area contributed by atoms with Crippen LogP contribution < -0.4 is 11.1 Å². The molecule has 1 atom stereocenters. The first-order chi connectivity index (χ1) is 13.8. The van der Waals surface area contributed by atoms with Gasteiger partial charge in [0.15, 0.2) is 0 Å². The summed E-state index contributed by atoms with van der Waals surface area (Å²) in [5.74, 6) is -0.515. The molecule has 0 saturated carbocycles. The summed E-state index contributed by atoms with van der Waals surface area (Å²) >= 11 is 12.1. The van der Waals surface area contributed by atoms with Gasteiger partial charge in [-0.1, -0.05) is 47.5 Å². The molecule has 29 heavy (non-hydrogen) atoms. The van der Waals surface area contributed by atoms with E-state index in [0.29, 0.717) is 16.1 Å². The van der Waals surface area contributed by atoms with E-state index in [1.54, 1.807) is 24.3 Å². The number of ether oxygens (including phenoxy) is 1. The second-order valence-corrected chi connectivity index (χ2v) is 7.41. The van der Waals surface area contributed by atoms with Crippen molar-refractivity contribution in [2.45, 2.75) is 26.0 Å². The largest absolute Gasteiger partial charge is 0.461 e. The Kier molecular flexibility index (Phi) is 6.56. The third-order valence-electron chi connectivity index (χ3n) is 4.35. The number of benzene rings is 2. The zero-order valence-electron chi connectivity index (χ0n) is 15.6. The van der Waals surface area contributed by atoms with E-state index in [0.717, 1.165) is 16.5 Å². The molecule has 0 aliphatic carbocycles. The monoisotopic (exact) mass is 431 g/mol. The number of carbonyl (C=O) groups is 2. The lowest BCUT2D eigenvalue weighted by molar-refractivity contribution is -0.145. The van der Waals surface area contributed by atoms with Crippen molar-refractivity contribution in [3.05, 3.63) is 75.4 Å². The van der Waals surface area contributed by atoms with Gasteiger partial charge < -0.3 is 15.8 Å². The number of hydrogen-bond donors (Lipinski definition) is 2. The standard InChI is InChI=1S/C21H19Cl2N3O3/c1-12-2-3-14-9-15(20(23)25-17(14)8-12)11-29-19(27)10-18(26-21(24)28)13-4-6-16(22)7-5-13/h2-9,18H,10-11H2,1H3,(H3,24,26,28). The van der Waals surface area contributed by atoms with Gasteiger partial charge in [0.25, 0.3) is 0 Å². The Labute approximate surface area is 178 Å². The predicted molar refractivity (Wildman–Crippen MR) is 113 cm³/mol. The lowest BCUT2D eigenvalue weighted by Crippen LogP contribution is -2.34. The van der Waals surface area contributed by atoms with E-state index < -0.39 is 18.0 Å². The Morgan fingerprint density at radius 1 is 1.14 bits per heavy atom. The minimum absolute atomic E-state index is 0.0294. The first kappa shape index (κ1) is 20.9. The summed E-state index contributed by atoms with van der Waals surface area (Å²) in [6, 6.07) is 13.1. The van der Waals surface area contributed by atoms with Crippen LogP contribution in [-0.4, -0.2) is 17.0 Å². The maximum atomic E-state index is 12.4. The predicted octanol–water partition coefficient (Wildman–Crippen LogP) is 4.69. The van der Waals surface area contributed by atoms with Crippen LogP contribution in [0.25, 0.3) is 10.9 Å². The normalized spacial score (nSPS) is 11.8. The lowest BCUT2D eigenvalue weighted by Gasteiger charge is -2.17. The molecule has 2 aromatic carbocycles. The van der Waals surface area contributed by atoms with Crippen LogP contribution in [0.4, 0.5) is 4.79 Å². The van der Waals surface area contributed by atoms with Gasteiger partial charge in [-0.2, -0.15) is 0 Å². The molecule has 0 bridgehead atoms. The SMILES string of the molecule is Cc1ccc2cc(COC(=O)CC(NC(N)=O)c3ccc(Cl)cc3)c(Cl)nc2c1. The van der Waals surface area contributed by atoms with Gasteiger partial charge >= 0.3 is 12.0 Å². The number of pyridine rings is 1. The maximum absolute atomic E-state index is 12.4. The average Bonchev–Trinajstić information content (AvgIpc) is 2.66. The van der Waals surface area contributed by atoms with Crippen molar-refractivity contribution >= 4 is 46.1 Å². The van der Waals surface area contributed by atoms with Crippen molar-refractivity contribution in [1.82, 2.24) is 10.3 Å². The Morgan fingerprint density at radius 3 is 2.55 bits per heavy atom. The molecule has 0 radical (unpaired) electrons. The third-order valence-corrected chi connectivity index (χ3v) is 4.93. The molecule has 1 heterocycles. The molecular weight excluding hydrogens is 413 g/mol. The molecule has 0 spiro atoms. The highest BCUT2D eigenvalue weighted by Crippen LogP contribution is 2.24. The highest BCUT2D eigenvalue weighted by Gasteiger charge is 2.19. The number of aryl methyl sites for hydroxylation is 1. The van der Waals surface area contributed by atoms with Crippen LogP contribution in [0.1, 0.15) is 29.2 Å². The van der Waals surface area contributed by atoms with Crippen molar-refractivity contribution in [2.24, 2.45) is 5.73 Å². The van der Waals surface area contributed by atoms with Crippen LogP contribution in [0.15, 0.2) is 48.5 Å². The average molecular weight is 432 g/mol. The van der Waals surface area contributed by atoms with Gasteiger partial charge in [0.05, 0.1) is 18.0 Å². The minimum Gasteiger partial charge on any atom is -0.461 e. The number of nitrogens with two attached hydrogens (primary N) is 1. The fourth-order valence-electron chi connectivity index (χ4n) is 2.90. The fraction of sp³-hybridized carbons (Fsp3) is 0.190. The smallest absolute Gasteiger partial charge is 0.312 e. The molecule has 1 unspecified atom stereocenters. The number of hydrogen-bond acceptors (Lipinski definition) is 4. The van der Waals surface area contributed by atoms with Crippen molar-refractivity contribution in [3.8, 4) is 0 Å². The number of urea groups is 1. The summed E-state index contributed by atoms with van der Waals surface area (Å²) in [5, 5.41) is 4.27. The van der Waals surface area contributed by atoms with E-state index in [-0.39, 0.29) is 18.2 Å². The second kappa shape index (κ2) is 9.11. The quantitative estimate of drug-likeness (QED) is 0.436. The number of nitrogens with zero attached hydrogens (tertiary/aromatic N) is 1. The van der Waals surface area contributed by atoms with Gasteiger partial charge in [-0.25, -0.2) is 9.78 Å². The first-order valence-electron chi connectivity index (χ1n) is 8.84. The van der Waals surface area contributed by atoms with Gasteiger partial charge in [-0.3, -0.25) is 4.79 Å². The van der Waals surface area contributed by atoms with Crippen LogP contribution in [-0.2, 0) is 16.1 Å². The molecule has 8 heteroatoms. The highest BCUT2D eigenvalue weighted by molar-refractivity contribution is 6.30. The molecule has 3 aromatic rings. The summed E-state index contributed by atoms with van der Waals surface area (Å²) in [4.78, 5) is 28.0. The van der Waals surface area contributed by atoms with Gasteiger partial charge in [0.1, 0.15) is 11.8 Å². The zero-order valence-corrected chi connectivity index (χ0v) is 17.1. The minimum atomic E-state index is -0.741. The number of amides is 2. The van der Waals surface area contributed by atoms with Crippen molar-refractivity contribution < 1.29 is 14.3 Å². The number of halogens is 2. The second-order valence-electron chi connectivity index (χ2n) is 6.61. The van der Waals surface area contributed by atoms with E-state index in [9.17, 15) is 9.59 Å². The van der Waals surface area contributed by atoms with Crippen molar-refractivity contribution in [2.75, 3.05) is 0 Å². The van der Waals surface area contributed by atoms with Gasteiger partial charge in [-0.15, -0.1) is 0 Å². The molecule has 0 aliphatic heterocycles. The zero-order chi connectivity index (χ0) is 21.0. The summed E-state index contributed by atoms with van der Waals surface area (Å²) < 4.78 is 5.36. The number of carbonyl (C=O) groups excluding carboxylic acids is 2. The Morgan fingerprint density at radius 2 is 1.86 bits per heavy atom. The van der Waals surface area contributed by atoms with E-state index in [1.807, 2.05) is 31.2 Å². The van der Waals surface area contributed by atoms with Crippen molar-refractivity contribution in [1.29, 1.82) is 0 Å². The number of nitrogens with one attached hydrogen (secondary N) is 1. The molecule has 150 valence electrons. The molecule has 3 N–H and O–H groups in total. The highest BCUT2D eigenvalue weighted by atomic mass is 35.5. The number of esters is 1. The molecule has 0 saturated heterocycles. The Hall–Kier alpha value is -2.83. The van der Waals surface area contributed by atoms with Crippen molar-refractivity contribution in [3.63, 3.8) is 0 Å². The molecular formula is C21H19Cl2N3O3. The Bertz CT molecular complexity index is 1050. The van der Waals surface area contributed by atoms with Gasteiger partial charge in [0.2, 0.25) is 0 Å². The van der Waals surface area contributed by atoms with E-state index in [2.05, 4.69) is 10.3 Å². The molecule has 0 fully saturated rings. The van der Waals surface area contributed by atoms with Gasteiger partial charge in [-0.05, 0) is 42.3 Å². The number of rotatable bonds is 6. The summed E-state index contributed by atoms with van der Waals surface area (Å²) in [5.41, 5.74) is 8.37. The molecule has 6 nitrogen and oxygen atoms in total. The molecule has 2 amide bonds. The maximum Gasteiger partial charge on any atom is 0.312 e. The lowest BCUT2D eigenvalue weighted by atomic mass is 10.0. The molecule has 0 aliphatic rings. The number of fused-ring (bicyclic) bond motifs is 1. The van der Waals surface area contributed by atoms with Crippen LogP contribution in [0, 0.1) is 6.92 Å². The third kappa shape index (κ3) is 5.59. The Balaban J connectivity index is 1.69. The first-order valence-corrected chi connectivity index (χ1v) is 9.60.